The van der Waals surface area contributed by atoms with Gasteiger partial charge in [0.05, 0.1) is 10.9 Å². The van der Waals surface area contributed by atoms with E-state index in [0.717, 1.165) is 19.6 Å². The summed E-state index contributed by atoms with van der Waals surface area (Å²) in [6.45, 7) is 14.3. The van der Waals surface area contributed by atoms with Crippen molar-refractivity contribution in [2.75, 3.05) is 32.7 Å². The van der Waals surface area contributed by atoms with Gasteiger partial charge < -0.3 is 9.80 Å². The second-order valence-electron chi connectivity index (χ2n) is 7.70. The van der Waals surface area contributed by atoms with Gasteiger partial charge in [0.1, 0.15) is 6.54 Å². The molecular formula is C22H34N4O3. The monoisotopic (exact) mass is 402 g/mol. The fourth-order valence-corrected chi connectivity index (χ4v) is 3.60. The topological polar surface area (TPSA) is 67.5 Å². The number of benzene rings is 1. The Morgan fingerprint density at radius 1 is 1.00 bits per heavy atom. The summed E-state index contributed by atoms with van der Waals surface area (Å²) in [7, 11) is 0. The van der Waals surface area contributed by atoms with E-state index in [1.54, 1.807) is 31.2 Å². The molecule has 0 radical (unpaired) electrons. The van der Waals surface area contributed by atoms with Crippen molar-refractivity contribution in [1.29, 1.82) is 0 Å². The number of para-hydroxylation sites is 1. The van der Waals surface area contributed by atoms with E-state index in [2.05, 4.69) is 32.6 Å². The Bertz CT molecular complexity index is 941. The van der Waals surface area contributed by atoms with Crippen LogP contribution < -0.4 is 11.2 Å². The molecule has 7 nitrogen and oxygen atoms in total. The highest BCUT2D eigenvalue weighted by Crippen LogP contribution is 2.09. The number of fused-ring (bicyclic) bond motifs is 1. The van der Waals surface area contributed by atoms with Crippen LogP contribution in [0.3, 0.4) is 0 Å². The van der Waals surface area contributed by atoms with Crippen LogP contribution in [0.1, 0.15) is 34.6 Å². The first-order valence-corrected chi connectivity index (χ1v) is 10.6. The minimum absolute atomic E-state index is 0.0649. The van der Waals surface area contributed by atoms with E-state index in [-0.39, 0.29) is 24.6 Å². The van der Waals surface area contributed by atoms with Crippen LogP contribution in [-0.2, 0) is 17.9 Å². The number of hydrogen-bond acceptors (Lipinski definition) is 4. The highest BCUT2D eigenvalue weighted by atomic mass is 16.2. The van der Waals surface area contributed by atoms with Crippen LogP contribution in [0, 0.1) is 5.92 Å². The first-order chi connectivity index (χ1) is 13.8. The molecule has 0 aliphatic carbocycles. The van der Waals surface area contributed by atoms with Gasteiger partial charge in [-0.3, -0.25) is 18.7 Å². The number of aromatic nitrogens is 2. The summed E-state index contributed by atoms with van der Waals surface area (Å²) in [5.74, 6) is 0.230. The molecule has 29 heavy (non-hydrogen) atoms. The molecule has 7 heteroatoms. The van der Waals surface area contributed by atoms with E-state index in [0.29, 0.717) is 29.9 Å². The molecule has 1 aromatic heterocycles. The van der Waals surface area contributed by atoms with Crippen LogP contribution in [0.25, 0.3) is 10.9 Å². The quantitative estimate of drug-likeness (QED) is 0.610. The molecule has 1 aromatic carbocycles. The Labute approximate surface area is 172 Å². The molecule has 160 valence electrons. The van der Waals surface area contributed by atoms with Gasteiger partial charge >= 0.3 is 5.69 Å². The first-order valence-electron chi connectivity index (χ1n) is 10.6. The smallest absolute Gasteiger partial charge is 0.331 e. The van der Waals surface area contributed by atoms with Crippen molar-refractivity contribution in [3.05, 3.63) is 45.1 Å². The van der Waals surface area contributed by atoms with Gasteiger partial charge in [-0.25, -0.2) is 4.79 Å². The van der Waals surface area contributed by atoms with Gasteiger partial charge in [0.25, 0.3) is 5.56 Å². The zero-order chi connectivity index (χ0) is 21.6. The normalized spacial score (nSPS) is 11.6. The summed E-state index contributed by atoms with van der Waals surface area (Å²) in [4.78, 5) is 42.8. The minimum Gasteiger partial charge on any atom is -0.340 e. The van der Waals surface area contributed by atoms with E-state index in [4.69, 9.17) is 0 Å². The van der Waals surface area contributed by atoms with E-state index in [9.17, 15) is 14.4 Å². The predicted molar refractivity (Wildman–Crippen MR) is 117 cm³/mol. The van der Waals surface area contributed by atoms with Crippen molar-refractivity contribution in [1.82, 2.24) is 18.9 Å². The summed E-state index contributed by atoms with van der Waals surface area (Å²) >= 11 is 0. The van der Waals surface area contributed by atoms with E-state index in [1.165, 1.54) is 9.13 Å². The highest BCUT2D eigenvalue weighted by molar-refractivity contribution is 5.81. The molecule has 0 atom stereocenters. The minimum atomic E-state index is -0.433. The molecule has 0 spiro atoms. The number of carbonyl (C=O) groups excluding carboxylic acids is 1. The predicted octanol–water partition coefficient (Wildman–Crippen LogP) is 2.01. The largest absolute Gasteiger partial charge is 0.340 e. The van der Waals surface area contributed by atoms with Gasteiger partial charge in [-0.2, -0.15) is 0 Å². The van der Waals surface area contributed by atoms with Gasteiger partial charge in [-0.05, 0) is 38.1 Å². The molecule has 0 saturated heterocycles. The van der Waals surface area contributed by atoms with Crippen LogP contribution in [0.15, 0.2) is 33.9 Å². The lowest BCUT2D eigenvalue weighted by Crippen LogP contribution is -2.45. The molecule has 1 heterocycles. The second-order valence-corrected chi connectivity index (χ2v) is 7.70. The van der Waals surface area contributed by atoms with Crippen LogP contribution >= 0.6 is 0 Å². The third-order valence-electron chi connectivity index (χ3n) is 5.26. The van der Waals surface area contributed by atoms with Gasteiger partial charge in [0.2, 0.25) is 5.91 Å². The zero-order valence-electron chi connectivity index (χ0n) is 18.4. The Balaban J connectivity index is 2.39. The SMILES string of the molecule is CCN(CC)CCN(CC(C)C)C(=O)Cn1c(=O)n(CC)c(=O)c2ccccc21. The number of amides is 1. The second kappa shape index (κ2) is 10.4. The van der Waals surface area contributed by atoms with E-state index < -0.39 is 5.69 Å². The lowest BCUT2D eigenvalue weighted by molar-refractivity contribution is -0.132. The molecule has 0 unspecified atom stereocenters. The van der Waals surface area contributed by atoms with Gasteiger partial charge in [0.15, 0.2) is 0 Å². The third kappa shape index (κ3) is 5.35. The average molecular weight is 403 g/mol. The lowest BCUT2D eigenvalue weighted by atomic mass is 10.2. The number of rotatable bonds is 10. The molecule has 0 aliphatic rings. The van der Waals surface area contributed by atoms with Crippen molar-refractivity contribution in [2.45, 2.75) is 47.7 Å². The van der Waals surface area contributed by atoms with E-state index >= 15 is 0 Å². The highest BCUT2D eigenvalue weighted by Gasteiger charge is 2.19. The zero-order valence-corrected chi connectivity index (χ0v) is 18.4. The van der Waals surface area contributed by atoms with Crippen molar-refractivity contribution in [2.24, 2.45) is 5.92 Å². The molecular weight excluding hydrogens is 368 g/mol. The average Bonchev–Trinajstić information content (AvgIpc) is 2.71. The van der Waals surface area contributed by atoms with Crippen LogP contribution in [0.5, 0.6) is 0 Å². The molecule has 0 N–H and O–H groups in total. The summed E-state index contributed by atoms with van der Waals surface area (Å²) in [6, 6.07) is 6.99. The number of hydrogen-bond donors (Lipinski definition) is 0. The number of nitrogens with zero attached hydrogens (tertiary/aromatic N) is 4. The van der Waals surface area contributed by atoms with Crippen molar-refractivity contribution in [3.8, 4) is 0 Å². The molecule has 2 aromatic rings. The summed E-state index contributed by atoms with van der Waals surface area (Å²) in [5.41, 5.74) is -0.232. The van der Waals surface area contributed by atoms with Crippen molar-refractivity contribution >= 4 is 16.8 Å². The van der Waals surface area contributed by atoms with Gasteiger partial charge in [-0.1, -0.05) is 39.8 Å². The third-order valence-corrected chi connectivity index (χ3v) is 5.26. The van der Waals surface area contributed by atoms with Gasteiger partial charge in [-0.15, -0.1) is 0 Å². The fourth-order valence-electron chi connectivity index (χ4n) is 3.60. The number of likely N-dealkylation sites (N-methyl/N-ethyl adjacent to an activating group) is 1. The van der Waals surface area contributed by atoms with Crippen LogP contribution in [-0.4, -0.2) is 57.6 Å². The Kier molecular flexibility index (Phi) is 8.20. The maximum atomic E-state index is 13.2. The summed E-state index contributed by atoms with van der Waals surface area (Å²) < 4.78 is 2.63. The van der Waals surface area contributed by atoms with Crippen LogP contribution in [0.4, 0.5) is 0 Å². The summed E-state index contributed by atoms with van der Waals surface area (Å²) in [5, 5.41) is 0.459. The molecule has 0 aliphatic heterocycles. The standard InChI is InChI=1S/C22H34N4O3/c1-6-23(7-2)13-14-24(15-17(4)5)20(27)16-26-19-12-10-9-11-18(19)21(28)25(8-3)22(26)29/h9-12,17H,6-8,13-16H2,1-5H3. The molecule has 2 rings (SSSR count). The Morgan fingerprint density at radius 2 is 1.66 bits per heavy atom. The van der Waals surface area contributed by atoms with Crippen LogP contribution in [0.2, 0.25) is 0 Å². The molecule has 0 saturated carbocycles. The molecule has 0 fully saturated rings. The maximum Gasteiger partial charge on any atom is 0.331 e. The first kappa shape index (κ1) is 22.9. The fraction of sp³-hybridized carbons (Fsp3) is 0.591. The van der Waals surface area contributed by atoms with E-state index in [1.807, 2.05) is 4.90 Å². The van der Waals surface area contributed by atoms with Gasteiger partial charge in [0, 0.05) is 26.2 Å². The lowest BCUT2D eigenvalue weighted by Gasteiger charge is -2.28. The van der Waals surface area contributed by atoms with Crippen molar-refractivity contribution < 1.29 is 4.79 Å². The Morgan fingerprint density at radius 3 is 2.24 bits per heavy atom. The molecule has 1 amide bonds. The van der Waals surface area contributed by atoms with Crippen molar-refractivity contribution in [3.63, 3.8) is 0 Å². The Hall–Kier alpha value is -2.41. The maximum absolute atomic E-state index is 13.2. The summed E-state index contributed by atoms with van der Waals surface area (Å²) in [6.07, 6.45) is 0. The molecule has 0 bridgehead atoms. The number of carbonyl (C=O) groups is 1.